The van der Waals surface area contributed by atoms with E-state index in [1.165, 1.54) is 54.6 Å². The molecule has 3 aromatic rings. The molecule has 0 atom stereocenters. The average Bonchev–Trinajstić information content (AvgIpc) is 3.09. The summed E-state index contributed by atoms with van der Waals surface area (Å²) in [6, 6.07) is 12.9. The molecule has 0 unspecified atom stereocenters. The lowest BCUT2D eigenvalue weighted by Gasteiger charge is -2.07. The van der Waals surface area contributed by atoms with Crippen LogP contribution in [0.3, 0.4) is 0 Å². The van der Waals surface area contributed by atoms with Gasteiger partial charge in [-0.05, 0) is 60.7 Å². The Morgan fingerprint density at radius 3 is 2.38 bits per heavy atom. The first-order chi connectivity index (χ1) is 12.3. The van der Waals surface area contributed by atoms with Gasteiger partial charge in [0.2, 0.25) is 0 Å². The molecule has 0 radical (unpaired) electrons. The maximum Gasteiger partial charge on any atom is 0.416 e. The molecule has 0 saturated carbocycles. The van der Waals surface area contributed by atoms with Crippen molar-refractivity contribution in [2.45, 2.75) is 6.18 Å². The van der Waals surface area contributed by atoms with Crippen LogP contribution in [0, 0.1) is 5.82 Å². The molecule has 0 fully saturated rings. The summed E-state index contributed by atoms with van der Waals surface area (Å²) in [7, 11) is 0. The fraction of sp³-hybridized carbons (Fsp3) is 0.0500. The van der Waals surface area contributed by atoms with E-state index in [0.717, 1.165) is 12.1 Å². The van der Waals surface area contributed by atoms with E-state index in [1.54, 1.807) is 6.07 Å². The van der Waals surface area contributed by atoms with E-state index in [4.69, 9.17) is 4.42 Å². The lowest BCUT2D eigenvalue weighted by Crippen LogP contribution is -2.04. The normalized spacial score (nSPS) is 11.8. The van der Waals surface area contributed by atoms with Crippen LogP contribution in [0.4, 0.5) is 17.6 Å². The predicted octanol–water partition coefficient (Wildman–Crippen LogP) is 6.00. The molecule has 0 aliphatic carbocycles. The van der Waals surface area contributed by atoms with Crippen LogP contribution in [0.5, 0.6) is 0 Å². The van der Waals surface area contributed by atoms with Crippen LogP contribution in [0.2, 0.25) is 0 Å². The third-order valence-corrected chi connectivity index (χ3v) is 3.63. The van der Waals surface area contributed by atoms with Gasteiger partial charge in [0.25, 0.3) is 0 Å². The molecule has 0 saturated heterocycles. The molecule has 132 valence electrons. The fourth-order valence-corrected chi connectivity index (χ4v) is 2.31. The molecule has 1 aromatic heterocycles. The number of hydrogen-bond acceptors (Lipinski definition) is 2. The number of rotatable bonds is 4. The Labute approximate surface area is 146 Å². The molecule has 26 heavy (non-hydrogen) atoms. The van der Waals surface area contributed by atoms with Crippen molar-refractivity contribution >= 4 is 11.9 Å². The Morgan fingerprint density at radius 1 is 0.962 bits per heavy atom. The zero-order valence-electron chi connectivity index (χ0n) is 13.3. The number of ketones is 1. The first-order valence-electron chi connectivity index (χ1n) is 7.58. The van der Waals surface area contributed by atoms with Crippen LogP contribution in [-0.2, 0) is 6.18 Å². The van der Waals surface area contributed by atoms with Crippen molar-refractivity contribution in [3.63, 3.8) is 0 Å². The Bertz CT molecular complexity index is 950. The van der Waals surface area contributed by atoms with E-state index in [0.29, 0.717) is 11.3 Å². The number of allylic oxidation sites excluding steroid dienone is 1. The van der Waals surface area contributed by atoms with Crippen LogP contribution in [0.25, 0.3) is 17.4 Å². The first-order valence-corrected chi connectivity index (χ1v) is 7.58. The summed E-state index contributed by atoms with van der Waals surface area (Å²) in [5, 5.41) is 0. The van der Waals surface area contributed by atoms with E-state index >= 15 is 0 Å². The van der Waals surface area contributed by atoms with Gasteiger partial charge in [0.05, 0.1) is 5.56 Å². The zero-order valence-corrected chi connectivity index (χ0v) is 13.3. The highest BCUT2D eigenvalue weighted by molar-refractivity contribution is 6.06. The summed E-state index contributed by atoms with van der Waals surface area (Å²) in [6.07, 6.45) is -1.78. The van der Waals surface area contributed by atoms with Crippen molar-refractivity contribution in [3.05, 3.63) is 89.4 Å². The third-order valence-electron chi connectivity index (χ3n) is 3.63. The Balaban J connectivity index is 1.78. The van der Waals surface area contributed by atoms with E-state index in [-0.39, 0.29) is 17.1 Å². The largest absolute Gasteiger partial charge is 0.457 e. The second-order valence-corrected chi connectivity index (χ2v) is 5.49. The molecule has 2 aromatic carbocycles. The number of alkyl halides is 3. The van der Waals surface area contributed by atoms with Gasteiger partial charge in [-0.2, -0.15) is 13.2 Å². The molecular formula is C20H12F4O2. The van der Waals surface area contributed by atoms with Gasteiger partial charge in [-0.25, -0.2) is 4.39 Å². The molecule has 0 amide bonds. The molecule has 3 rings (SSSR count). The molecule has 0 spiro atoms. The van der Waals surface area contributed by atoms with Gasteiger partial charge < -0.3 is 4.42 Å². The van der Waals surface area contributed by atoms with Crippen molar-refractivity contribution in [1.29, 1.82) is 0 Å². The maximum atomic E-state index is 12.9. The molecule has 0 bridgehead atoms. The zero-order chi connectivity index (χ0) is 18.7. The summed E-state index contributed by atoms with van der Waals surface area (Å²) in [5.41, 5.74) is -0.174. The van der Waals surface area contributed by atoms with Crippen molar-refractivity contribution in [2.24, 2.45) is 0 Å². The average molecular weight is 360 g/mol. The quantitative estimate of drug-likeness (QED) is 0.324. The predicted molar refractivity (Wildman–Crippen MR) is 88.9 cm³/mol. The minimum Gasteiger partial charge on any atom is -0.457 e. The highest BCUT2D eigenvalue weighted by Gasteiger charge is 2.30. The summed E-state index contributed by atoms with van der Waals surface area (Å²) >= 11 is 0. The summed E-state index contributed by atoms with van der Waals surface area (Å²) in [5.74, 6) is -0.220. The van der Waals surface area contributed by atoms with Gasteiger partial charge in [0, 0.05) is 11.1 Å². The Kier molecular flexibility index (Phi) is 4.75. The molecule has 0 aliphatic rings. The van der Waals surface area contributed by atoms with Crippen LogP contribution in [0.15, 0.2) is 71.2 Å². The Morgan fingerprint density at radius 2 is 1.69 bits per heavy atom. The van der Waals surface area contributed by atoms with Gasteiger partial charge in [0.15, 0.2) is 5.78 Å². The topological polar surface area (TPSA) is 30.2 Å². The number of furan rings is 1. The molecule has 0 aliphatic heterocycles. The first kappa shape index (κ1) is 17.7. The van der Waals surface area contributed by atoms with Gasteiger partial charge in [-0.1, -0.05) is 12.1 Å². The SMILES string of the molecule is O=C(C=Cc1ccc(-c2cccc(C(F)(F)F)c2)o1)c1ccc(F)cc1. The lowest BCUT2D eigenvalue weighted by molar-refractivity contribution is -0.137. The number of halogens is 4. The molecule has 2 nitrogen and oxygen atoms in total. The fourth-order valence-electron chi connectivity index (χ4n) is 2.31. The van der Waals surface area contributed by atoms with Crippen molar-refractivity contribution in [3.8, 4) is 11.3 Å². The van der Waals surface area contributed by atoms with Crippen LogP contribution < -0.4 is 0 Å². The van der Waals surface area contributed by atoms with Crippen molar-refractivity contribution in [1.82, 2.24) is 0 Å². The minimum atomic E-state index is -4.44. The summed E-state index contributed by atoms with van der Waals surface area (Å²) in [6.45, 7) is 0. The molecule has 1 heterocycles. The van der Waals surface area contributed by atoms with E-state index in [9.17, 15) is 22.4 Å². The van der Waals surface area contributed by atoms with Gasteiger partial charge in [-0.3, -0.25) is 4.79 Å². The van der Waals surface area contributed by atoms with Crippen LogP contribution >= 0.6 is 0 Å². The van der Waals surface area contributed by atoms with Gasteiger partial charge in [-0.15, -0.1) is 0 Å². The second-order valence-electron chi connectivity index (χ2n) is 5.49. The Hall–Kier alpha value is -3.15. The second kappa shape index (κ2) is 7.00. The maximum absolute atomic E-state index is 12.9. The summed E-state index contributed by atoms with van der Waals surface area (Å²) < 4.78 is 56.7. The highest BCUT2D eigenvalue weighted by Crippen LogP contribution is 2.32. The number of benzene rings is 2. The van der Waals surface area contributed by atoms with E-state index in [1.807, 2.05) is 0 Å². The molecule has 6 heteroatoms. The van der Waals surface area contributed by atoms with Crippen LogP contribution in [0.1, 0.15) is 21.7 Å². The highest BCUT2D eigenvalue weighted by atomic mass is 19.4. The minimum absolute atomic E-state index is 0.255. The monoisotopic (exact) mass is 360 g/mol. The number of carbonyl (C=O) groups is 1. The van der Waals surface area contributed by atoms with E-state index in [2.05, 4.69) is 0 Å². The van der Waals surface area contributed by atoms with E-state index < -0.39 is 17.6 Å². The lowest BCUT2D eigenvalue weighted by atomic mass is 10.1. The van der Waals surface area contributed by atoms with Gasteiger partial charge >= 0.3 is 6.18 Å². The van der Waals surface area contributed by atoms with Crippen LogP contribution in [-0.4, -0.2) is 5.78 Å². The van der Waals surface area contributed by atoms with Crippen molar-refractivity contribution in [2.75, 3.05) is 0 Å². The number of hydrogen-bond donors (Lipinski definition) is 0. The van der Waals surface area contributed by atoms with Crippen molar-refractivity contribution < 1.29 is 26.8 Å². The standard InChI is InChI=1S/C20H12F4O2/c21-16-6-4-13(5-7-16)18(25)10-8-17-9-11-19(26-17)14-2-1-3-15(12-14)20(22,23)24/h1-12H. The number of carbonyl (C=O) groups excluding carboxylic acids is 1. The third kappa shape index (κ3) is 4.08. The molecular weight excluding hydrogens is 348 g/mol. The van der Waals surface area contributed by atoms with Gasteiger partial charge in [0.1, 0.15) is 17.3 Å². The smallest absolute Gasteiger partial charge is 0.416 e. The molecule has 0 N–H and O–H groups in total. The summed E-state index contributed by atoms with van der Waals surface area (Å²) in [4.78, 5) is 12.0.